The van der Waals surface area contributed by atoms with Gasteiger partial charge in [0, 0.05) is 29.2 Å². The predicted octanol–water partition coefficient (Wildman–Crippen LogP) is 2.62. The van der Waals surface area contributed by atoms with Gasteiger partial charge in [0.1, 0.15) is 5.41 Å². The number of aromatic amines is 1. The maximum atomic E-state index is 13.1. The number of fused-ring (bicyclic) bond motifs is 5. The summed E-state index contributed by atoms with van der Waals surface area (Å²) in [5.74, 6) is 0.538. The third kappa shape index (κ3) is 1.83. The lowest BCUT2D eigenvalue weighted by atomic mass is 9.56. The molecule has 132 valence electrons. The summed E-state index contributed by atoms with van der Waals surface area (Å²) in [5, 5.41) is 1.23. The highest BCUT2D eigenvalue weighted by Crippen LogP contribution is 2.58. The Bertz CT molecular complexity index is 845. The van der Waals surface area contributed by atoms with Gasteiger partial charge in [-0.25, -0.2) is 0 Å². The van der Waals surface area contributed by atoms with Crippen LogP contribution >= 0.6 is 0 Å². The second-order valence-electron chi connectivity index (χ2n) is 7.75. The summed E-state index contributed by atoms with van der Waals surface area (Å²) in [4.78, 5) is 19.2. The van der Waals surface area contributed by atoms with Crippen molar-refractivity contribution in [3.63, 3.8) is 0 Å². The first-order chi connectivity index (χ1) is 12.2. The van der Waals surface area contributed by atoms with E-state index in [1.165, 1.54) is 18.1 Å². The second kappa shape index (κ2) is 5.32. The Hall–Kier alpha value is -1.85. The van der Waals surface area contributed by atoms with Crippen LogP contribution < -0.4 is 0 Å². The van der Waals surface area contributed by atoms with Crippen molar-refractivity contribution in [2.24, 2.45) is 11.8 Å². The summed E-state index contributed by atoms with van der Waals surface area (Å²) in [6.07, 6.45) is 2.00. The first-order valence-electron chi connectivity index (χ1n) is 9.16. The number of hydrogen-bond acceptors (Lipinski definition) is 4. The van der Waals surface area contributed by atoms with E-state index in [9.17, 15) is 4.79 Å². The third-order valence-electron chi connectivity index (χ3n) is 6.79. The molecule has 0 spiro atoms. The molecule has 0 saturated carbocycles. The van der Waals surface area contributed by atoms with Gasteiger partial charge in [-0.3, -0.25) is 9.69 Å². The molecular weight excluding hydrogens is 316 g/mol. The monoisotopic (exact) mass is 340 g/mol. The van der Waals surface area contributed by atoms with Crippen molar-refractivity contribution in [1.29, 1.82) is 0 Å². The van der Waals surface area contributed by atoms with Gasteiger partial charge in [0.2, 0.25) is 0 Å². The van der Waals surface area contributed by atoms with Gasteiger partial charge in [-0.05, 0) is 49.9 Å². The van der Waals surface area contributed by atoms with Crippen LogP contribution in [0.15, 0.2) is 24.3 Å². The van der Waals surface area contributed by atoms with E-state index in [4.69, 9.17) is 9.47 Å². The number of carbonyl (C=O) groups excluding carboxylic acids is 1. The molecule has 2 saturated heterocycles. The first-order valence-corrected chi connectivity index (χ1v) is 9.16. The molecule has 1 N–H and O–H groups in total. The standard InChI is InChI=1S/C20H24N2O3/c1-22-9-7-14-12-8-10-25-11-20(14,19(23)24-2)18-16(17(12)22)13-5-3-4-6-15(13)21-18/h3-6,12,14,17,21H,7-11H2,1-2H3/t12-,14?,17+,20-/m0/s1. The smallest absolute Gasteiger partial charge is 0.320 e. The molecule has 1 unspecified atom stereocenters. The van der Waals surface area contributed by atoms with Crippen LogP contribution in [0.4, 0.5) is 0 Å². The molecule has 1 aliphatic carbocycles. The van der Waals surface area contributed by atoms with Gasteiger partial charge < -0.3 is 14.5 Å². The Morgan fingerprint density at radius 1 is 1.36 bits per heavy atom. The van der Waals surface area contributed by atoms with Crippen molar-refractivity contribution in [2.75, 3.05) is 33.9 Å². The minimum atomic E-state index is -0.706. The largest absolute Gasteiger partial charge is 0.468 e. The topological polar surface area (TPSA) is 54.6 Å². The molecule has 4 atom stereocenters. The summed E-state index contributed by atoms with van der Waals surface area (Å²) >= 11 is 0. The van der Waals surface area contributed by atoms with E-state index in [2.05, 4.69) is 35.1 Å². The van der Waals surface area contributed by atoms with Gasteiger partial charge in [0.15, 0.2) is 0 Å². The van der Waals surface area contributed by atoms with Gasteiger partial charge in [-0.2, -0.15) is 0 Å². The van der Waals surface area contributed by atoms with Crippen molar-refractivity contribution in [1.82, 2.24) is 9.88 Å². The highest BCUT2D eigenvalue weighted by atomic mass is 16.5. The zero-order chi connectivity index (χ0) is 17.2. The normalized spacial score (nSPS) is 34.4. The number of aromatic nitrogens is 1. The molecule has 3 heterocycles. The Kier molecular flexibility index (Phi) is 3.28. The highest BCUT2D eigenvalue weighted by molar-refractivity contribution is 5.92. The van der Waals surface area contributed by atoms with Crippen molar-refractivity contribution in [2.45, 2.75) is 24.3 Å². The quantitative estimate of drug-likeness (QED) is 0.811. The van der Waals surface area contributed by atoms with E-state index in [1.54, 1.807) is 0 Å². The second-order valence-corrected chi connectivity index (χ2v) is 7.75. The zero-order valence-electron chi connectivity index (χ0n) is 14.7. The zero-order valence-corrected chi connectivity index (χ0v) is 14.7. The lowest BCUT2D eigenvalue weighted by Crippen LogP contribution is -2.58. The fraction of sp³-hybridized carbons (Fsp3) is 0.550. The number of methoxy groups -OCH3 is 1. The molecule has 0 radical (unpaired) electrons. The average Bonchev–Trinajstić information content (AvgIpc) is 2.93. The minimum Gasteiger partial charge on any atom is -0.468 e. The predicted molar refractivity (Wildman–Crippen MR) is 94.4 cm³/mol. The molecule has 2 fully saturated rings. The van der Waals surface area contributed by atoms with Crippen molar-refractivity contribution >= 4 is 16.9 Å². The van der Waals surface area contributed by atoms with Crippen LogP contribution in [0.3, 0.4) is 0 Å². The van der Waals surface area contributed by atoms with Crippen molar-refractivity contribution in [3.8, 4) is 0 Å². The van der Waals surface area contributed by atoms with E-state index in [1.807, 2.05) is 6.07 Å². The molecule has 0 amide bonds. The van der Waals surface area contributed by atoms with Gasteiger partial charge in [0.25, 0.3) is 0 Å². The number of nitrogens with zero attached hydrogens (tertiary/aromatic N) is 1. The van der Waals surface area contributed by atoms with E-state index in [-0.39, 0.29) is 11.9 Å². The molecule has 4 bridgehead atoms. The van der Waals surface area contributed by atoms with Crippen molar-refractivity contribution in [3.05, 3.63) is 35.5 Å². The number of para-hydroxylation sites is 1. The fourth-order valence-electron chi connectivity index (χ4n) is 5.78. The number of likely N-dealkylation sites (tertiary alicyclic amines) is 1. The van der Waals surface area contributed by atoms with Crippen molar-refractivity contribution < 1.29 is 14.3 Å². The number of hydrogen-bond donors (Lipinski definition) is 1. The van der Waals surface area contributed by atoms with E-state index in [0.29, 0.717) is 25.2 Å². The molecule has 5 rings (SSSR count). The first kappa shape index (κ1) is 15.4. The van der Waals surface area contributed by atoms with Crippen LogP contribution in [0.1, 0.15) is 30.1 Å². The van der Waals surface area contributed by atoms with Crippen LogP contribution in [0.25, 0.3) is 10.9 Å². The van der Waals surface area contributed by atoms with Crippen LogP contribution in [0, 0.1) is 11.8 Å². The Morgan fingerprint density at radius 2 is 2.20 bits per heavy atom. The minimum absolute atomic E-state index is 0.153. The number of esters is 1. The summed E-state index contributed by atoms with van der Waals surface area (Å²) in [7, 11) is 3.71. The van der Waals surface area contributed by atoms with Gasteiger partial charge >= 0.3 is 5.97 Å². The number of piperidine rings is 1. The maximum absolute atomic E-state index is 13.1. The van der Waals surface area contributed by atoms with E-state index < -0.39 is 5.41 Å². The Balaban J connectivity index is 1.88. The van der Waals surface area contributed by atoms with Crippen LogP contribution in [0.5, 0.6) is 0 Å². The number of rotatable bonds is 1. The molecule has 1 aromatic heterocycles. The summed E-state index contributed by atoms with van der Waals surface area (Å²) in [6.45, 7) is 2.13. The summed E-state index contributed by atoms with van der Waals surface area (Å²) in [5.41, 5.74) is 2.71. The van der Waals surface area contributed by atoms with Crippen LogP contribution in [0.2, 0.25) is 0 Å². The Morgan fingerprint density at radius 3 is 3.04 bits per heavy atom. The summed E-state index contributed by atoms with van der Waals surface area (Å²) < 4.78 is 11.3. The number of carbonyl (C=O) groups is 1. The summed E-state index contributed by atoms with van der Waals surface area (Å²) in [6, 6.07) is 8.73. The number of benzene rings is 1. The van der Waals surface area contributed by atoms with Gasteiger partial charge in [-0.15, -0.1) is 0 Å². The highest BCUT2D eigenvalue weighted by Gasteiger charge is 2.61. The average molecular weight is 340 g/mol. The molecule has 25 heavy (non-hydrogen) atoms. The van der Waals surface area contributed by atoms with E-state index in [0.717, 1.165) is 30.6 Å². The number of H-pyrrole nitrogens is 1. The molecule has 2 aromatic rings. The maximum Gasteiger partial charge on any atom is 0.320 e. The molecular formula is C20H24N2O3. The molecule has 3 aliphatic rings. The van der Waals surface area contributed by atoms with Gasteiger partial charge in [0.05, 0.1) is 13.7 Å². The molecule has 2 aliphatic heterocycles. The van der Waals surface area contributed by atoms with Crippen LogP contribution in [-0.4, -0.2) is 49.8 Å². The Labute approximate surface area is 147 Å². The fourth-order valence-corrected chi connectivity index (χ4v) is 5.78. The lowest BCUT2D eigenvalue weighted by Gasteiger charge is -2.53. The molecule has 5 nitrogen and oxygen atoms in total. The SMILES string of the molecule is COC(=O)[C@@]12COCC[C@H]3C1CCN(C)[C@H]3c1c2[nH]c2ccccc12. The third-order valence-corrected chi connectivity index (χ3v) is 6.79. The number of ether oxygens (including phenoxy) is 2. The van der Waals surface area contributed by atoms with Gasteiger partial charge in [-0.1, -0.05) is 18.2 Å². The molecule has 1 aromatic carbocycles. The number of nitrogens with one attached hydrogen (secondary N) is 1. The van der Waals surface area contributed by atoms with E-state index >= 15 is 0 Å². The lowest BCUT2D eigenvalue weighted by molar-refractivity contribution is -0.156. The molecule has 5 heteroatoms. The van der Waals surface area contributed by atoms with Crippen LogP contribution in [-0.2, 0) is 19.7 Å².